The van der Waals surface area contributed by atoms with Gasteiger partial charge < -0.3 is 10.6 Å². The highest BCUT2D eigenvalue weighted by Gasteiger charge is 2.36. The van der Waals surface area contributed by atoms with Gasteiger partial charge in [0.25, 0.3) is 0 Å². The maximum atomic E-state index is 12.1. The molecule has 3 rings (SSSR count). The van der Waals surface area contributed by atoms with Crippen LogP contribution in [0.2, 0.25) is 0 Å². The zero-order valence-electron chi connectivity index (χ0n) is 9.99. The van der Waals surface area contributed by atoms with E-state index in [2.05, 4.69) is 21.6 Å². The molecule has 4 heteroatoms. The largest absolute Gasteiger partial charge is 0.324 e. The van der Waals surface area contributed by atoms with E-state index in [-0.39, 0.29) is 11.9 Å². The van der Waals surface area contributed by atoms with Crippen LogP contribution in [0.5, 0.6) is 0 Å². The van der Waals surface area contributed by atoms with E-state index in [1.807, 2.05) is 19.1 Å². The van der Waals surface area contributed by atoms with Crippen molar-refractivity contribution in [1.29, 1.82) is 0 Å². The van der Waals surface area contributed by atoms with E-state index in [1.54, 1.807) is 0 Å². The highest BCUT2D eigenvalue weighted by molar-refractivity contribution is 6.03. The summed E-state index contributed by atoms with van der Waals surface area (Å²) in [5.41, 5.74) is 3.30. The number of hydrogen-bond donors (Lipinski definition) is 2. The van der Waals surface area contributed by atoms with Crippen molar-refractivity contribution < 1.29 is 4.79 Å². The smallest absolute Gasteiger partial charge is 0.246 e. The number of carbonyl (C=O) groups excluding carboxylic acids is 1. The van der Waals surface area contributed by atoms with Crippen LogP contribution in [0.3, 0.4) is 0 Å². The molecule has 2 heterocycles. The van der Waals surface area contributed by atoms with Gasteiger partial charge in [-0.25, -0.2) is 0 Å². The van der Waals surface area contributed by atoms with E-state index in [4.69, 9.17) is 0 Å². The summed E-state index contributed by atoms with van der Waals surface area (Å²) >= 11 is 0. The quantitative estimate of drug-likeness (QED) is 0.754. The maximum Gasteiger partial charge on any atom is 0.246 e. The van der Waals surface area contributed by atoms with Crippen LogP contribution in [0, 0.1) is 6.92 Å². The molecule has 1 amide bonds. The molecular weight excluding hydrogens is 214 g/mol. The first-order valence-corrected chi connectivity index (χ1v) is 6.12. The van der Waals surface area contributed by atoms with Crippen molar-refractivity contribution in [3.05, 3.63) is 29.3 Å². The average Bonchev–Trinajstić information content (AvgIpc) is 2.68. The first-order chi connectivity index (χ1) is 8.27. The van der Waals surface area contributed by atoms with Crippen molar-refractivity contribution in [3.63, 3.8) is 0 Å². The number of amides is 1. The van der Waals surface area contributed by atoms with Gasteiger partial charge in [0.1, 0.15) is 6.04 Å². The van der Waals surface area contributed by atoms with Crippen LogP contribution >= 0.6 is 0 Å². The Bertz CT molecular complexity index is 452. The molecule has 1 saturated heterocycles. The predicted molar refractivity (Wildman–Crippen MR) is 67.0 cm³/mol. The normalized spacial score (nSPS) is 24.5. The summed E-state index contributed by atoms with van der Waals surface area (Å²) in [6.07, 6.45) is 0. The van der Waals surface area contributed by atoms with E-state index in [9.17, 15) is 4.79 Å². The lowest BCUT2D eigenvalue weighted by atomic mass is 10.0. The Hall–Kier alpha value is -1.39. The number of nitrogens with zero attached hydrogens (tertiary/aromatic N) is 1. The van der Waals surface area contributed by atoms with Crippen LogP contribution in [0.4, 0.5) is 5.69 Å². The number of benzene rings is 1. The number of anilines is 1. The molecule has 2 aliphatic rings. The molecule has 1 atom stereocenters. The van der Waals surface area contributed by atoms with Crippen LogP contribution in [-0.4, -0.2) is 37.0 Å². The summed E-state index contributed by atoms with van der Waals surface area (Å²) in [5.74, 6) is 0.121. The van der Waals surface area contributed by atoms with Gasteiger partial charge in [-0.3, -0.25) is 9.69 Å². The number of fused-ring (bicyclic) bond motifs is 1. The van der Waals surface area contributed by atoms with Crippen LogP contribution in [0.25, 0.3) is 0 Å². The number of carbonyl (C=O) groups is 1. The third-order valence-electron chi connectivity index (χ3n) is 3.61. The van der Waals surface area contributed by atoms with Gasteiger partial charge in [0.15, 0.2) is 0 Å². The van der Waals surface area contributed by atoms with Crippen molar-refractivity contribution in [3.8, 4) is 0 Å². The highest BCUT2D eigenvalue weighted by atomic mass is 16.2. The summed E-state index contributed by atoms with van der Waals surface area (Å²) in [6, 6.07) is 6.04. The Labute approximate surface area is 101 Å². The fourth-order valence-electron chi connectivity index (χ4n) is 2.72. The topological polar surface area (TPSA) is 44.4 Å². The molecule has 2 aliphatic heterocycles. The molecule has 4 nitrogen and oxygen atoms in total. The van der Waals surface area contributed by atoms with E-state index in [1.165, 1.54) is 0 Å². The Morgan fingerprint density at radius 1 is 1.29 bits per heavy atom. The number of hydrogen-bond acceptors (Lipinski definition) is 3. The first kappa shape index (κ1) is 10.7. The molecule has 0 radical (unpaired) electrons. The number of aryl methyl sites for hydroxylation is 1. The predicted octanol–water partition coefficient (Wildman–Crippen LogP) is 0.893. The molecule has 0 aromatic heterocycles. The molecule has 90 valence electrons. The van der Waals surface area contributed by atoms with E-state index in [0.717, 1.165) is 43.0 Å². The fraction of sp³-hybridized carbons (Fsp3) is 0.462. The van der Waals surface area contributed by atoms with Crippen LogP contribution in [0.1, 0.15) is 17.2 Å². The first-order valence-electron chi connectivity index (χ1n) is 6.12. The summed E-state index contributed by atoms with van der Waals surface area (Å²) < 4.78 is 0. The lowest BCUT2D eigenvalue weighted by molar-refractivity contribution is -0.121. The van der Waals surface area contributed by atoms with Crippen molar-refractivity contribution in [2.24, 2.45) is 0 Å². The lowest BCUT2D eigenvalue weighted by Crippen LogP contribution is -2.46. The van der Waals surface area contributed by atoms with Gasteiger partial charge in [0, 0.05) is 37.4 Å². The number of para-hydroxylation sites is 1. The van der Waals surface area contributed by atoms with E-state index >= 15 is 0 Å². The van der Waals surface area contributed by atoms with E-state index < -0.39 is 0 Å². The molecule has 1 unspecified atom stereocenters. The van der Waals surface area contributed by atoms with Gasteiger partial charge in [0.2, 0.25) is 5.91 Å². The zero-order valence-corrected chi connectivity index (χ0v) is 9.99. The van der Waals surface area contributed by atoms with Gasteiger partial charge in [-0.2, -0.15) is 0 Å². The molecule has 0 saturated carbocycles. The lowest BCUT2D eigenvalue weighted by Gasteiger charge is -2.31. The van der Waals surface area contributed by atoms with Crippen molar-refractivity contribution in [2.75, 3.05) is 31.5 Å². The van der Waals surface area contributed by atoms with Crippen molar-refractivity contribution in [1.82, 2.24) is 10.2 Å². The second kappa shape index (κ2) is 4.13. The molecular formula is C13H17N3O. The summed E-state index contributed by atoms with van der Waals surface area (Å²) in [5, 5.41) is 6.33. The molecule has 1 aromatic rings. The van der Waals surface area contributed by atoms with Gasteiger partial charge in [-0.15, -0.1) is 0 Å². The minimum atomic E-state index is -0.0907. The van der Waals surface area contributed by atoms with Crippen LogP contribution in [-0.2, 0) is 4.79 Å². The van der Waals surface area contributed by atoms with Gasteiger partial charge in [-0.05, 0) is 12.5 Å². The SMILES string of the molecule is Cc1cccc2c1NC(=O)C2N1CCNCC1. The molecule has 0 bridgehead atoms. The minimum absolute atomic E-state index is 0.0907. The summed E-state index contributed by atoms with van der Waals surface area (Å²) in [7, 11) is 0. The Kier molecular flexibility index (Phi) is 2.61. The fourth-order valence-corrected chi connectivity index (χ4v) is 2.72. The molecule has 2 N–H and O–H groups in total. The van der Waals surface area contributed by atoms with Crippen molar-refractivity contribution in [2.45, 2.75) is 13.0 Å². The highest BCUT2D eigenvalue weighted by Crippen LogP contribution is 2.36. The third kappa shape index (κ3) is 1.73. The Morgan fingerprint density at radius 2 is 2.06 bits per heavy atom. The minimum Gasteiger partial charge on any atom is -0.324 e. The standard InChI is InChI=1S/C13H17N3O/c1-9-3-2-4-10-11(9)15-13(17)12(10)16-7-5-14-6-8-16/h2-4,12,14H,5-8H2,1H3,(H,15,17). The number of nitrogens with one attached hydrogen (secondary N) is 2. The Balaban J connectivity index is 1.96. The van der Waals surface area contributed by atoms with Crippen LogP contribution in [0.15, 0.2) is 18.2 Å². The second-order valence-electron chi connectivity index (χ2n) is 4.72. The summed E-state index contributed by atoms with van der Waals surface area (Å²) in [4.78, 5) is 14.4. The molecule has 0 spiro atoms. The van der Waals surface area contributed by atoms with Gasteiger partial charge in [0.05, 0.1) is 0 Å². The second-order valence-corrected chi connectivity index (χ2v) is 4.72. The molecule has 0 aliphatic carbocycles. The number of piperazine rings is 1. The van der Waals surface area contributed by atoms with Crippen molar-refractivity contribution >= 4 is 11.6 Å². The van der Waals surface area contributed by atoms with E-state index in [0.29, 0.717) is 0 Å². The van der Waals surface area contributed by atoms with Crippen LogP contribution < -0.4 is 10.6 Å². The molecule has 17 heavy (non-hydrogen) atoms. The molecule has 1 aromatic carbocycles. The van der Waals surface area contributed by atoms with Gasteiger partial charge in [-0.1, -0.05) is 18.2 Å². The average molecular weight is 231 g/mol. The zero-order chi connectivity index (χ0) is 11.8. The number of rotatable bonds is 1. The third-order valence-corrected chi connectivity index (χ3v) is 3.61. The van der Waals surface area contributed by atoms with Gasteiger partial charge >= 0.3 is 0 Å². The summed E-state index contributed by atoms with van der Waals surface area (Å²) in [6.45, 7) is 5.84. The maximum absolute atomic E-state index is 12.1. The molecule has 1 fully saturated rings. The Morgan fingerprint density at radius 3 is 2.82 bits per heavy atom. The monoisotopic (exact) mass is 231 g/mol.